The summed E-state index contributed by atoms with van der Waals surface area (Å²) in [5.41, 5.74) is 0. The second-order valence-electron chi connectivity index (χ2n) is 4.12. The largest absolute Gasteiger partial charge is 0.382 e. The highest BCUT2D eigenvalue weighted by molar-refractivity contribution is 4.86. The SMILES string of the molecule is COCC1CNC2CCCC2CO1. The fourth-order valence-electron chi connectivity index (χ4n) is 2.40. The van der Waals surface area contributed by atoms with Crippen molar-refractivity contribution in [2.24, 2.45) is 5.92 Å². The van der Waals surface area contributed by atoms with Gasteiger partial charge >= 0.3 is 0 Å². The molecule has 0 aromatic heterocycles. The van der Waals surface area contributed by atoms with Crippen molar-refractivity contribution in [2.45, 2.75) is 31.4 Å². The minimum atomic E-state index is 0.260. The molecule has 2 fully saturated rings. The van der Waals surface area contributed by atoms with E-state index in [0.29, 0.717) is 12.6 Å². The monoisotopic (exact) mass is 185 g/mol. The molecular weight excluding hydrogens is 166 g/mol. The van der Waals surface area contributed by atoms with Gasteiger partial charge in [-0.3, -0.25) is 0 Å². The van der Waals surface area contributed by atoms with Gasteiger partial charge in [0.05, 0.1) is 19.3 Å². The van der Waals surface area contributed by atoms with Crippen LogP contribution in [0.1, 0.15) is 19.3 Å². The summed E-state index contributed by atoms with van der Waals surface area (Å²) in [6.07, 6.45) is 4.28. The first-order valence-corrected chi connectivity index (χ1v) is 5.24. The summed E-state index contributed by atoms with van der Waals surface area (Å²) in [7, 11) is 1.73. The van der Waals surface area contributed by atoms with Crippen LogP contribution < -0.4 is 5.32 Å². The Hall–Kier alpha value is -0.120. The van der Waals surface area contributed by atoms with Gasteiger partial charge in [-0.05, 0) is 18.8 Å². The molecule has 0 bridgehead atoms. The van der Waals surface area contributed by atoms with Gasteiger partial charge in [0.2, 0.25) is 0 Å². The molecule has 1 saturated heterocycles. The average Bonchev–Trinajstić information content (AvgIpc) is 2.50. The maximum absolute atomic E-state index is 5.77. The van der Waals surface area contributed by atoms with Crippen LogP contribution in [0.5, 0.6) is 0 Å². The summed E-state index contributed by atoms with van der Waals surface area (Å²) in [5.74, 6) is 0.752. The minimum Gasteiger partial charge on any atom is -0.382 e. The van der Waals surface area contributed by atoms with E-state index in [4.69, 9.17) is 9.47 Å². The first-order valence-electron chi connectivity index (χ1n) is 5.24. The maximum atomic E-state index is 5.77. The van der Waals surface area contributed by atoms with Gasteiger partial charge in [-0.2, -0.15) is 0 Å². The molecular formula is C10H19NO2. The fourth-order valence-corrected chi connectivity index (χ4v) is 2.40. The lowest BCUT2D eigenvalue weighted by Gasteiger charge is -2.14. The van der Waals surface area contributed by atoms with Crippen LogP contribution in [0.2, 0.25) is 0 Å². The van der Waals surface area contributed by atoms with Crippen LogP contribution in [-0.4, -0.2) is 39.0 Å². The highest BCUT2D eigenvalue weighted by Crippen LogP contribution is 2.27. The number of nitrogens with one attached hydrogen (secondary N) is 1. The molecule has 1 saturated carbocycles. The Balaban J connectivity index is 1.84. The molecule has 1 N–H and O–H groups in total. The molecule has 1 aliphatic carbocycles. The molecule has 1 aliphatic heterocycles. The van der Waals surface area contributed by atoms with Gasteiger partial charge in [0.15, 0.2) is 0 Å². The molecule has 2 aliphatic rings. The molecule has 1 heterocycles. The predicted molar refractivity (Wildman–Crippen MR) is 50.7 cm³/mol. The summed E-state index contributed by atoms with van der Waals surface area (Å²) >= 11 is 0. The topological polar surface area (TPSA) is 30.5 Å². The second-order valence-corrected chi connectivity index (χ2v) is 4.12. The molecule has 0 aromatic carbocycles. The van der Waals surface area contributed by atoms with Crippen molar-refractivity contribution in [2.75, 3.05) is 26.9 Å². The van der Waals surface area contributed by atoms with E-state index >= 15 is 0 Å². The van der Waals surface area contributed by atoms with Gasteiger partial charge in [0.25, 0.3) is 0 Å². The fraction of sp³-hybridized carbons (Fsp3) is 1.00. The van der Waals surface area contributed by atoms with Gasteiger partial charge in [0, 0.05) is 19.7 Å². The molecule has 3 atom stereocenters. The van der Waals surface area contributed by atoms with Gasteiger partial charge in [0.1, 0.15) is 0 Å². The molecule has 0 amide bonds. The zero-order valence-corrected chi connectivity index (χ0v) is 8.29. The molecule has 2 rings (SSSR count). The summed E-state index contributed by atoms with van der Waals surface area (Å²) in [6.45, 7) is 2.59. The summed E-state index contributed by atoms with van der Waals surface area (Å²) in [5, 5.41) is 3.57. The normalized spacial score (nSPS) is 39.9. The van der Waals surface area contributed by atoms with Crippen molar-refractivity contribution in [1.29, 1.82) is 0 Å². The predicted octanol–water partition coefficient (Wildman–Crippen LogP) is 0.790. The number of hydrogen-bond acceptors (Lipinski definition) is 3. The third-order valence-electron chi connectivity index (χ3n) is 3.17. The molecule has 13 heavy (non-hydrogen) atoms. The third-order valence-corrected chi connectivity index (χ3v) is 3.17. The lowest BCUT2D eigenvalue weighted by molar-refractivity contribution is -0.00212. The first kappa shape index (κ1) is 9.44. The lowest BCUT2D eigenvalue weighted by Crippen LogP contribution is -2.35. The van der Waals surface area contributed by atoms with E-state index in [1.165, 1.54) is 19.3 Å². The molecule has 0 spiro atoms. The van der Waals surface area contributed by atoms with E-state index < -0.39 is 0 Å². The van der Waals surface area contributed by atoms with Crippen LogP contribution in [0.25, 0.3) is 0 Å². The van der Waals surface area contributed by atoms with Crippen molar-refractivity contribution in [3.8, 4) is 0 Å². The Morgan fingerprint density at radius 1 is 1.46 bits per heavy atom. The first-order chi connectivity index (χ1) is 6.40. The molecule has 76 valence electrons. The third kappa shape index (κ3) is 2.22. The van der Waals surface area contributed by atoms with Crippen LogP contribution in [0, 0.1) is 5.92 Å². The lowest BCUT2D eigenvalue weighted by atomic mass is 10.1. The van der Waals surface area contributed by atoms with E-state index in [0.717, 1.165) is 19.1 Å². The van der Waals surface area contributed by atoms with Crippen molar-refractivity contribution < 1.29 is 9.47 Å². The number of fused-ring (bicyclic) bond motifs is 1. The van der Waals surface area contributed by atoms with E-state index in [9.17, 15) is 0 Å². The Morgan fingerprint density at radius 2 is 2.38 bits per heavy atom. The molecule has 0 aromatic rings. The molecule has 3 heteroatoms. The van der Waals surface area contributed by atoms with Crippen molar-refractivity contribution >= 4 is 0 Å². The standard InChI is InChI=1S/C10H19NO2/c1-12-7-9-5-11-10-4-2-3-8(10)6-13-9/h8-11H,2-7H2,1H3. The second kappa shape index (κ2) is 4.40. The molecule has 3 nitrogen and oxygen atoms in total. The van der Waals surface area contributed by atoms with Crippen molar-refractivity contribution in [3.63, 3.8) is 0 Å². The summed E-state index contributed by atoms with van der Waals surface area (Å²) < 4.78 is 10.9. The van der Waals surface area contributed by atoms with Crippen LogP contribution in [-0.2, 0) is 9.47 Å². The van der Waals surface area contributed by atoms with Gasteiger partial charge in [-0.15, -0.1) is 0 Å². The minimum absolute atomic E-state index is 0.260. The zero-order valence-electron chi connectivity index (χ0n) is 8.29. The Labute approximate surface area is 79.8 Å². The average molecular weight is 185 g/mol. The number of ether oxygens (including phenoxy) is 2. The smallest absolute Gasteiger partial charge is 0.0932 e. The summed E-state index contributed by atoms with van der Waals surface area (Å²) in [4.78, 5) is 0. The van der Waals surface area contributed by atoms with E-state index in [2.05, 4.69) is 5.32 Å². The van der Waals surface area contributed by atoms with Crippen molar-refractivity contribution in [3.05, 3.63) is 0 Å². The quantitative estimate of drug-likeness (QED) is 0.690. The number of methoxy groups -OCH3 is 1. The Kier molecular flexibility index (Phi) is 3.19. The summed E-state index contributed by atoms with van der Waals surface area (Å²) in [6, 6.07) is 0.710. The highest BCUT2D eigenvalue weighted by atomic mass is 16.5. The molecule has 0 radical (unpaired) electrons. The van der Waals surface area contributed by atoms with Crippen LogP contribution >= 0.6 is 0 Å². The molecule has 3 unspecified atom stereocenters. The van der Waals surface area contributed by atoms with Crippen LogP contribution in [0.4, 0.5) is 0 Å². The maximum Gasteiger partial charge on any atom is 0.0932 e. The van der Waals surface area contributed by atoms with Gasteiger partial charge < -0.3 is 14.8 Å². The van der Waals surface area contributed by atoms with E-state index in [-0.39, 0.29) is 6.10 Å². The number of hydrogen-bond donors (Lipinski definition) is 1. The van der Waals surface area contributed by atoms with E-state index in [1.807, 2.05) is 0 Å². The van der Waals surface area contributed by atoms with Gasteiger partial charge in [-0.25, -0.2) is 0 Å². The van der Waals surface area contributed by atoms with Gasteiger partial charge in [-0.1, -0.05) is 6.42 Å². The zero-order chi connectivity index (χ0) is 9.10. The Morgan fingerprint density at radius 3 is 3.23 bits per heavy atom. The Bertz CT molecular complexity index is 149. The van der Waals surface area contributed by atoms with Crippen LogP contribution in [0.3, 0.4) is 0 Å². The number of rotatable bonds is 2. The van der Waals surface area contributed by atoms with Crippen LogP contribution in [0.15, 0.2) is 0 Å². The van der Waals surface area contributed by atoms with E-state index in [1.54, 1.807) is 7.11 Å². The van der Waals surface area contributed by atoms with Crippen molar-refractivity contribution in [1.82, 2.24) is 5.32 Å². The highest BCUT2D eigenvalue weighted by Gasteiger charge is 2.30.